The molecular weight excluding hydrogens is 421 g/mol. The Morgan fingerprint density at radius 2 is 1.80 bits per heavy atom. The van der Waals surface area contributed by atoms with Crippen LogP contribution in [0.4, 0.5) is 13.2 Å². The first-order chi connectivity index (χ1) is 13.9. The molecule has 2 N–H and O–H groups in total. The third-order valence-electron chi connectivity index (χ3n) is 4.47. The van der Waals surface area contributed by atoms with Crippen molar-refractivity contribution in [2.24, 2.45) is 12.8 Å². The quantitative estimate of drug-likeness (QED) is 0.632. The molecule has 158 valence electrons. The summed E-state index contributed by atoms with van der Waals surface area (Å²) in [5.74, 6) is 0.00334. The second-order valence-corrected chi connectivity index (χ2v) is 7.48. The maximum atomic E-state index is 13.4. The number of hydrogen-bond acceptors (Lipinski definition) is 4. The maximum Gasteiger partial charge on any atom is 0.417 e. The molecule has 6 nitrogen and oxygen atoms in total. The fourth-order valence-corrected chi connectivity index (χ4v) is 3.38. The zero-order chi connectivity index (χ0) is 22.3. The van der Waals surface area contributed by atoms with Crippen LogP contribution in [0.3, 0.4) is 0 Å². The van der Waals surface area contributed by atoms with Crippen molar-refractivity contribution in [1.82, 2.24) is 14.8 Å². The van der Waals surface area contributed by atoms with E-state index in [1.807, 2.05) is 0 Å². The number of nitrogens with two attached hydrogens (primary N) is 1. The summed E-state index contributed by atoms with van der Waals surface area (Å²) < 4.78 is 47.6. The minimum atomic E-state index is -4.53. The molecule has 0 aliphatic carbocycles. The number of hydrogen-bond donors (Lipinski definition) is 1. The SMILES string of the molecule is Cn1c(-c2ccccc2C(F)(F)F)nnc1C(C)(C)Oc1ccc(C(N)=O)c(Cl)c1. The summed E-state index contributed by atoms with van der Waals surface area (Å²) in [6.07, 6.45) is -4.53. The summed E-state index contributed by atoms with van der Waals surface area (Å²) in [7, 11) is 1.56. The number of benzene rings is 2. The van der Waals surface area contributed by atoms with Crippen molar-refractivity contribution >= 4 is 17.5 Å². The monoisotopic (exact) mass is 438 g/mol. The zero-order valence-electron chi connectivity index (χ0n) is 16.3. The highest BCUT2D eigenvalue weighted by atomic mass is 35.5. The summed E-state index contributed by atoms with van der Waals surface area (Å²) in [6, 6.07) is 9.53. The van der Waals surface area contributed by atoms with Crippen LogP contribution in [0.1, 0.15) is 35.6 Å². The third-order valence-corrected chi connectivity index (χ3v) is 4.78. The largest absolute Gasteiger partial charge is 0.480 e. The number of carbonyl (C=O) groups excluding carboxylic acids is 1. The van der Waals surface area contributed by atoms with Crippen molar-refractivity contribution in [2.75, 3.05) is 0 Å². The molecule has 0 radical (unpaired) electrons. The van der Waals surface area contributed by atoms with E-state index in [0.29, 0.717) is 11.6 Å². The number of ether oxygens (including phenoxy) is 1. The number of nitrogens with zero attached hydrogens (tertiary/aromatic N) is 3. The summed E-state index contributed by atoms with van der Waals surface area (Å²) in [4.78, 5) is 11.3. The lowest BCUT2D eigenvalue weighted by molar-refractivity contribution is -0.137. The van der Waals surface area contributed by atoms with Gasteiger partial charge in [0.1, 0.15) is 5.75 Å². The Bertz CT molecular complexity index is 1110. The highest BCUT2D eigenvalue weighted by Crippen LogP contribution is 2.37. The number of aromatic nitrogens is 3. The molecule has 1 amide bonds. The van der Waals surface area contributed by atoms with Gasteiger partial charge in [-0.15, -0.1) is 10.2 Å². The van der Waals surface area contributed by atoms with Crippen molar-refractivity contribution in [3.63, 3.8) is 0 Å². The van der Waals surface area contributed by atoms with E-state index in [0.717, 1.165) is 6.07 Å². The van der Waals surface area contributed by atoms with Gasteiger partial charge >= 0.3 is 6.18 Å². The van der Waals surface area contributed by atoms with E-state index in [9.17, 15) is 18.0 Å². The summed E-state index contributed by atoms with van der Waals surface area (Å²) >= 11 is 6.05. The van der Waals surface area contributed by atoms with Crippen LogP contribution in [0.15, 0.2) is 42.5 Å². The van der Waals surface area contributed by atoms with Gasteiger partial charge in [-0.1, -0.05) is 29.8 Å². The first kappa shape index (κ1) is 21.6. The van der Waals surface area contributed by atoms with Gasteiger partial charge in [0.15, 0.2) is 17.2 Å². The second-order valence-electron chi connectivity index (χ2n) is 7.07. The van der Waals surface area contributed by atoms with Crippen LogP contribution in [0.25, 0.3) is 11.4 Å². The first-order valence-electron chi connectivity index (χ1n) is 8.76. The molecular formula is C20H18ClF3N4O2. The second kappa shape index (κ2) is 7.64. The molecule has 1 heterocycles. The number of halogens is 4. The van der Waals surface area contributed by atoms with Gasteiger partial charge in [0.05, 0.1) is 16.1 Å². The van der Waals surface area contributed by atoms with Gasteiger partial charge < -0.3 is 15.0 Å². The number of alkyl halides is 3. The van der Waals surface area contributed by atoms with Crippen molar-refractivity contribution in [3.05, 3.63) is 64.4 Å². The van der Waals surface area contributed by atoms with Crippen LogP contribution < -0.4 is 10.5 Å². The molecule has 3 rings (SSSR count). The molecule has 0 bridgehead atoms. The topological polar surface area (TPSA) is 83.0 Å². The fourth-order valence-electron chi connectivity index (χ4n) is 3.11. The molecule has 0 aliphatic rings. The lowest BCUT2D eigenvalue weighted by atomic mass is 10.1. The Kier molecular flexibility index (Phi) is 5.51. The minimum Gasteiger partial charge on any atom is -0.480 e. The fraction of sp³-hybridized carbons (Fsp3) is 0.250. The van der Waals surface area contributed by atoms with Crippen molar-refractivity contribution < 1.29 is 22.7 Å². The summed E-state index contributed by atoms with van der Waals surface area (Å²) in [5.41, 5.74) is 3.41. The molecule has 10 heteroatoms. The van der Waals surface area contributed by atoms with Crippen LogP contribution in [-0.2, 0) is 18.8 Å². The summed E-state index contributed by atoms with van der Waals surface area (Å²) in [6.45, 7) is 3.37. The Balaban J connectivity index is 1.98. The lowest BCUT2D eigenvalue weighted by Crippen LogP contribution is -2.29. The van der Waals surface area contributed by atoms with Crippen LogP contribution in [-0.4, -0.2) is 20.7 Å². The van der Waals surface area contributed by atoms with E-state index >= 15 is 0 Å². The van der Waals surface area contributed by atoms with E-state index in [2.05, 4.69) is 10.2 Å². The van der Waals surface area contributed by atoms with Gasteiger partial charge in [-0.25, -0.2) is 0 Å². The van der Waals surface area contributed by atoms with E-state index in [1.54, 1.807) is 20.9 Å². The molecule has 0 aliphatic heterocycles. The molecule has 3 aromatic rings. The van der Waals surface area contributed by atoms with Gasteiger partial charge in [-0.3, -0.25) is 4.79 Å². The van der Waals surface area contributed by atoms with Crippen molar-refractivity contribution in [3.8, 4) is 17.1 Å². The van der Waals surface area contributed by atoms with E-state index in [4.69, 9.17) is 22.1 Å². The van der Waals surface area contributed by atoms with Gasteiger partial charge in [-0.2, -0.15) is 13.2 Å². The van der Waals surface area contributed by atoms with Crippen LogP contribution >= 0.6 is 11.6 Å². The Hall–Kier alpha value is -3.07. The minimum absolute atomic E-state index is 0.0525. The molecule has 0 saturated heterocycles. The Morgan fingerprint density at radius 3 is 2.40 bits per heavy atom. The van der Waals surface area contributed by atoms with E-state index < -0.39 is 23.2 Å². The van der Waals surface area contributed by atoms with Gasteiger partial charge in [0, 0.05) is 12.6 Å². The zero-order valence-corrected chi connectivity index (χ0v) is 17.0. The predicted molar refractivity (Wildman–Crippen MR) is 105 cm³/mol. The van der Waals surface area contributed by atoms with Crippen LogP contribution in [0.2, 0.25) is 5.02 Å². The molecule has 30 heavy (non-hydrogen) atoms. The molecule has 1 aromatic heterocycles. The smallest absolute Gasteiger partial charge is 0.417 e. The number of carbonyl (C=O) groups is 1. The van der Waals surface area contributed by atoms with Crippen LogP contribution in [0, 0.1) is 0 Å². The van der Waals surface area contributed by atoms with Gasteiger partial charge in [0.2, 0.25) is 5.91 Å². The highest BCUT2D eigenvalue weighted by molar-refractivity contribution is 6.33. The average molecular weight is 439 g/mol. The predicted octanol–water partition coefficient (Wildman–Crippen LogP) is 4.57. The highest BCUT2D eigenvalue weighted by Gasteiger charge is 2.36. The average Bonchev–Trinajstić information content (AvgIpc) is 3.02. The van der Waals surface area contributed by atoms with E-state index in [-0.39, 0.29) is 22.0 Å². The molecule has 0 saturated carbocycles. The standard InChI is InChI=1S/C20H18ClF3N4O2/c1-19(2,30-11-8-9-13(16(25)29)15(21)10-11)18-27-26-17(28(18)3)12-6-4-5-7-14(12)20(22,23)24/h4-10H,1-3H3,(H2,25,29). The molecule has 2 aromatic carbocycles. The van der Waals surface area contributed by atoms with Crippen LogP contribution in [0.5, 0.6) is 5.75 Å². The molecule has 0 atom stereocenters. The number of primary amides is 1. The third kappa shape index (κ3) is 4.11. The Morgan fingerprint density at radius 1 is 1.13 bits per heavy atom. The maximum absolute atomic E-state index is 13.4. The van der Waals surface area contributed by atoms with Gasteiger partial charge in [0.25, 0.3) is 0 Å². The normalized spacial score (nSPS) is 12.1. The number of amides is 1. The first-order valence-corrected chi connectivity index (χ1v) is 9.14. The Labute approximate surface area is 175 Å². The lowest BCUT2D eigenvalue weighted by Gasteiger charge is -2.26. The van der Waals surface area contributed by atoms with Gasteiger partial charge in [-0.05, 0) is 38.1 Å². The van der Waals surface area contributed by atoms with Crippen molar-refractivity contribution in [2.45, 2.75) is 25.6 Å². The number of rotatable bonds is 5. The molecule has 0 unspecified atom stereocenters. The molecule has 0 fully saturated rings. The van der Waals surface area contributed by atoms with E-state index in [1.165, 1.54) is 41.0 Å². The van der Waals surface area contributed by atoms with Crippen molar-refractivity contribution in [1.29, 1.82) is 0 Å². The molecule has 0 spiro atoms. The summed E-state index contributed by atoms with van der Waals surface area (Å²) in [5, 5.41) is 8.15.